The van der Waals surface area contributed by atoms with Crippen molar-refractivity contribution in [3.05, 3.63) is 120 Å². The first-order valence-corrected chi connectivity index (χ1v) is 22.6. The monoisotopic (exact) mass is 916 g/mol. The molecular formula is C52H50F6O4S2. The molecule has 0 unspecified atom stereocenters. The van der Waals surface area contributed by atoms with Crippen molar-refractivity contribution in [2.75, 3.05) is 0 Å². The third kappa shape index (κ3) is 8.32. The van der Waals surface area contributed by atoms with E-state index in [1.165, 1.54) is 12.1 Å². The van der Waals surface area contributed by atoms with Crippen LogP contribution in [0.1, 0.15) is 92.9 Å². The fourth-order valence-electron chi connectivity index (χ4n) is 7.96. The molecule has 4 aromatic carbocycles. The molecule has 6 aromatic rings. The third-order valence-corrected chi connectivity index (χ3v) is 13.1. The van der Waals surface area contributed by atoms with E-state index in [0.29, 0.717) is 60.6 Å². The molecule has 4 nitrogen and oxygen atoms in total. The van der Waals surface area contributed by atoms with Gasteiger partial charge in [0.05, 0.1) is 0 Å². The Kier molecular flexibility index (Phi) is 10.8. The average Bonchev–Trinajstić information content (AvgIpc) is 3.83. The lowest BCUT2D eigenvalue weighted by Crippen LogP contribution is -2.48. The Labute approximate surface area is 378 Å². The molecule has 0 saturated carbocycles. The van der Waals surface area contributed by atoms with Crippen LogP contribution in [0, 0.1) is 0 Å². The van der Waals surface area contributed by atoms with Gasteiger partial charge in [0.1, 0.15) is 45.4 Å². The van der Waals surface area contributed by atoms with Crippen molar-refractivity contribution in [3.63, 3.8) is 0 Å². The topological polar surface area (TPSA) is 36.9 Å². The number of fused-ring (bicyclic) bond motifs is 3. The predicted molar refractivity (Wildman–Crippen MR) is 247 cm³/mol. The number of benzene rings is 4. The Balaban J connectivity index is 1.46. The highest BCUT2D eigenvalue weighted by Gasteiger charge is 2.80. The molecule has 64 heavy (non-hydrogen) atoms. The number of thiophene rings is 2. The highest BCUT2D eigenvalue weighted by molar-refractivity contribution is 7.19. The molecule has 0 radical (unpaired) electrons. The molecule has 0 N–H and O–H groups in total. The molecule has 0 spiro atoms. The summed E-state index contributed by atoms with van der Waals surface area (Å²) in [4.78, 5) is 0.982. The van der Waals surface area contributed by atoms with E-state index in [0.717, 1.165) is 22.7 Å². The summed E-state index contributed by atoms with van der Waals surface area (Å²) in [5, 5.41) is 0. The number of ether oxygens (including phenoxy) is 4. The summed E-state index contributed by atoms with van der Waals surface area (Å²) in [6, 6.07) is 27.9. The Hall–Kier alpha value is -5.20. The minimum Gasteiger partial charge on any atom is -0.488 e. The van der Waals surface area contributed by atoms with Gasteiger partial charge >= 0.3 is 17.8 Å². The fourth-order valence-corrected chi connectivity index (χ4v) is 10.3. The van der Waals surface area contributed by atoms with E-state index in [2.05, 4.69) is 0 Å². The van der Waals surface area contributed by atoms with Crippen molar-refractivity contribution >= 4 is 33.8 Å². The Morgan fingerprint density at radius 3 is 1.30 bits per heavy atom. The zero-order chi connectivity index (χ0) is 46.6. The van der Waals surface area contributed by atoms with Crippen molar-refractivity contribution in [2.45, 2.75) is 116 Å². The van der Waals surface area contributed by atoms with Crippen LogP contribution in [0.3, 0.4) is 0 Å². The zero-order valence-electron chi connectivity index (χ0n) is 37.5. The Bertz CT molecular complexity index is 2760. The van der Waals surface area contributed by atoms with Crippen molar-refractivity contribution in [1.82, 2.24) is 0 Å². The number of hydrogen-bond acceptors (Lipinski definition) is 6. The largest absolute Gasteiger partial charge is 0.488 e. The van der Waals surface area contributed by atoms with Crippen molar-refractivity contribution in [2.24, 2.45) is 0 Å². The maximum atomic E-state index is 17.0. The summed E-state index contributed by atoms with van der Waals surface area (Å²) in [6.45, 7) is 20.8. The first kappa shape index (κ1) is 45.4. The van der Waals surface area contributed by atoms with Gasteiger partial charge in [-0.1, -0.05) is 0 Å². The lowest BCUT2D eigenvalue weighted by Gasteiger charge is -2.32. The highest BCUT2D eigenvalue weighted by Crippen LogP contribution is 2.67. The molecule has 6 bridgehead atoms. The summed E-state index contributed by atoms with van der Waals surface area (Å²) in [7, 11) is 0. The van der Waals surface area contributed by atoms with Gasteiger partial charge in [0.15, 0.2) is 0 Å². The minimum atomic E-state index is -5.80. The second-order valence-corrected chi connectivity index (χ2v) is 21.8. The normalized spacial score (nSPS) is 17.4. The number of alkyl halides is 6. The van der Waals surface area contributed by atoms with Gasteiger partial charge in [0.25, 0.3) is 0 Å². The van der Waals surface area contributed by atoms with Gasteiger partial charge < -0.3 is 18.9 Å². The quantitative estimate of drug-likeness (QED) is 0.162. The number of halogens is 6. The van der Waals surface area contributed by atoms with Gasteiger partial charge in [-0.25, -0.2) is 0 Å². The number of hydrogen-bond donors (Lipinski definition) is 0. The summed E-state index contributed by atoms with van der Waals surface area (Å²) < 4.78 is 126. The molecular weight excluding hydrogens is 867 g/mol. The maximum absolute atomic E-state index is 17.0. The minimum absolute atomic E-state index is 0.102. The third-order valence-electron chi connectivity index (χ3n) is 10.6. The van der Waals surface area contributed by atoms with Gasteiger partial charge in [0.2, 0.25) is 0 Å². The van der Waals surface area contributed by atoms with Crippen LogP contribution in [-0.4, -0.2) is 34.6 Å². The van der Waals surface area contributed by atoms with Crippen LogP contribution in [-0.2, 0) is 5.60 Å². The number of rotatable bonds is 5. The molecule has 0 fully saturated rings. The van der Waals surface area contributed by atoms with Gasteiger partial charge in [0, 0.05) is 47.3 Å². The van der Waals surface area contributed by atoms with Gasteiger partial charge in [-0.15, -0.1) is 22.7 Å². The molecule has 0 saturated heterocycles. The molecule has 12 heteroatoms. The van der Waals surface area contributed by atoms with Crippen LogP contribution in [0.5, 0.6) is 23.0 Å². The highest BCUT2D eigenvalue weighted by atomic mass is 32.1. The molecule has 4 heterocycles. The van der Waals surface area contributed by atoms with Gasteiger partial charge in [-0.05, 0) is 202 Å². The van der Waals surface area contributed by atoms with E-state index in [1.807, 2.05) is 82.2 Å². The lowest BCUT2D eigenvalue weighted by atomic mass is 9.91. The first-order chi connectivity index (χ1) is 29.5. The molecule has 2 aliphatic heterocycles. The average molecular weight is 917 g/mol. The van der Waals surface area contributed by atoms with Crippen LogP contribution in [0.4, 0.5) is 26.3 Å². The fraction of sp³-hybridized carbons (Fsp3) is 0.346. The van der Waals surface area contributed by atoms with Crippen molar-refractivity contribution in [3.8, 4) is 64.8 Å². The second-order valence-electron chi connectivity index (χ2n) is 19.7. The van der Waals surface area contributed by atoms with Crippen molar-refractivity contribution in [1.29, 1.82) is 0 Å². The first-order valence-electron chi connectivity index (χ1n) is 20.9. The summed E-state index contributed by atoms with van der Waals surface area (Å²) in [5.41, 5.74) is -4.08. The molecule has 1 aliphatic carbocycles. The summed E-state index contributed by atoms with van der Waals surface area (Å²) >= 11 is 2.08. The molecule has 3 aliphatic rings. The Morgan fingerprint density at radius 2 is 0.859 bits per heavy atom. The smallest absolute Gasteiger partial charge is 0.380 e. The van der Waals surface area contributed by atoms with Crippen LogP contribution in [0.15, 0.2) is 103 Å². The van der Waals surface area contributed by atoms with Crippen LogP contribution in [0.25, 0.3) is 52.9 Å². The molecule has 2 aromatic heterocycles. The Morgan fingerprint density at radius 1 is 0.469 bits per heavy atom. The summed E-state index contributed by atoms with van der Waals surface area (Å²) in [5.74, 6) is -14.5. The van der Waals surface area contributed by atoms with Gasteiger partial charge in [-0.2, -0.15) is 26.3 Å². The molecule has 9 rings (SSSR count). The van der Waals surface area contributed by atoms with E-state index < -0.39 is 62.4 Å². The van der Waals surface area contributed by atoms with Crippen LogP contribution >= 0.6 is 22.7 Å². The van der Waals surface area contributed by atoms with Crippen LogP contribution in [0.2, 0.25) is 0 Å². The van der Waals surface area contributed by atoms with E-state index in [4.69, 9.17) is 18.9 Å². The lowest BCUT2D eigenvalue weighted by molar-refractivity contribution is -0.254. The second kappa shape index (κ2) is 15.2. The van der Waals surface area contributed by atoms with Crippen LogP contribution < -0.4 is 18.9 Å². The SMILES string of the molecule is CC(C)(C)Oc1ccc(-c2cc3c(s2)-c2ccc(cc2)OC(C)(C)c2cc(ccc2OC(C)(C)C)-c2cc(c(-c4ccc(OC(C)(C)C)cc4)s2)C2=C3C(F)(F)C(F)(F)C2(F)F)cc1. The summed E-state index contributed by atoms with van der Waals surface area (Å²) in [6.07, 6.45) is 0. The van der Waals surface area contributed by atoms with Crippen molar-refractivity contribution < 1.29 is 45.3 Å². The predicted octanol–water partition coefficient (Wildman–Crippen LogP) is 16.5. The molecule has 0 amide bonds. The zero-order valence-corrected chi connectivity index (χ0v) is 39.2. The van der Waals surface area contributed by atoms with E-state index >= 15 is 26.3 Å². The number of allylic oxidation sites excluding steroid dienone is 2. The maximum Gasteiger partial charge on any atom is 0.380 e. The molecule has 336 valence electrons. The molecule has 0 atom stereocenters. The standard InChI is InChI=1S/C52H50F6O4S2/c1-46(2,3)59-33-19-12-29(13-20-33)40-27-36-42-43(51(55,56)52(57,58)50(42,53)54)37-28-41(64-45(37)30-14-21-34(22-15-30)60-47(4,5)6)32-18-25-39(62-48(7,8)9)38(26-32)49(10,11)61-35-23-16-31(17-24-35)44(36)63-40/h12-28H,1-11H3. The van der Waals surface area contributed by atoms with Gasteiger partial charge in [-0.3, -0.25) is 0 Å². The van der Waals surface area contributed by atoms with E-state index in [9.17, 15) is 0 Å². The van der Waals surface area contributed by atoms with E-state index in [1.54, 1.807) is 84.9 Å². The van der Waals surface area contributed by atoms with E-state index in [-0.39, 0.29) is 9.75 Å².